The molecule has 4 N–H and O–H groups in total. The molecule has 0 bridgehead atoms. The molecule has 1 aromatic carbocycles. The Kier molecular flexibility index (Phi) is 4.82. The van der Waals surface area contributed by atoms with Crippen LogP contribution in [-0.2, 0) is 16.0 Å². The van der Waals surface area contributed by atoms with Crippen molar-refractivity contribution >= 4 is 11.9 Å². The van der Waals surface area contributed by atoms with Gasteiger partial charge in [0.1, 0.15) is 6.10 Å². The Balaban J connectivity index is 2.72. The molecule has 0 amide bonds. The Hall–Kier alpha value is -1.92. The minimum Gasteiger partial charge on any atom is -0.481 e. The quantitative estimate of drug-likeness (QED) is 0.575. The average Bonchev–Trinajstić information content (AvgIpc) is 2.27. The summed E-state index contributed by atoms with van der Waals surface area (Å²) in [5.74, 6) is -2.17. The number of carbonyl (C=O) groups is 2. The number of rotatable bonds is 6. The standard InChI is InChI=1S/C12H14O6/c13-9(6-11(16)17)12(18)8-3-1-7(2-4-8)5-10(14)15/h1-4,9,12-13,18H,5-6H2,(H,14,15)(H,16,17). The molecular formula is C12H14O6. The second-order valence-electron chi connectivity index (χ2n) is 3.92. The molecule has 0 radical (unpaired) electrons. The normalized spacial score (nSPS) is 13.9. The van der Waals surface area contributed by atoms with Crippen LogP contribution in [0.25, 0.3) is 0 Å². The van der Waals surface area contributed by atoms with E-state index in [0.717, 1.165) is 0 Å². The van der Waals surface area contributed by atoms with Gasteiger partial charge in [0.15, 0.2) is 0 Å². The first-order valence-electron chi connectivity index (χ1n) is 5.28. The summed E-state index contributed by atoms with van der Waals surface area (Å²) < 4.78 is 0. The van der Waals surface area contributed by atoms with Gasteiger partial charge in [-0.15, -0.1) is 0 Å². The monoisotopic (exact) mass is 254 g/mol. The van der Waals surface area contributed by atoms with Crippen molar-refractivity contribution < 1.29 is 30.0 Å². The van der Waals surface area contributed by atoms with Crippen LogP contribution in [0.2, 0.25) is 0 Å². The summed E-state index contributed by atoms with van der Waals surface area (Å²) in [5.41, 5.74) is 0.907. The summed E-state index contributed by atoms with van der Waals surface area (Å²) in [6.07, 6.45) is -3.39. The topological polar surface area (TPSA) is 115 Å². The number of aliphatic hydroxyl groups excluding tert-OH is 2. The summed E-state index contributed by atoms with van der Waals surface area (Å²) in [4.78, 5) is 20.8. The average molecular weight is 254 g/mol. The highest BCUT2D eigenvalue weighted by Gasteiger charge is 2.20. The van der Waals surface area contributed by atoms with Crippen molar-refractivity contribution in [1.29, 1.82) is 0 Å². The van der Waals surface area contributed by atoms with Crippen LogP contribution in [0.3, 0.4) is 0 Å². The zero-order valence-electron chi connectivity index (χ0n) is 9.48. The Morgan fingerprint density at radius 1 is 1.00 bits per heavy atom. The van der Waals surface area contributed by atoms with E-state index in [4.69, 9.17) is 10.2 Å². The van der Waals surface area contributed by atoms with Gasteiger partial charge in [-0.05, 0) is 11.1 Å². The summed E-state index contributed by atoms with van der Waals surface area (Å²) in [7, 11) is 0. The van der Waals surface area contributed by atoms with Crippen molar-refractivity contribution in [3.8, 4) is 0 Å². The Morgan fingerprint density at radius 2 is 1.56 bits per heavy atom. The van der Waals surface area contributed by atoms with Crippen molar-refractivity contribution in [2.75, 3.05) is 0 Å². The van der Waals surface area contributed by atoms with Crippen molar-refractivity contribution in [2.45, 2.75) is 25.0 Å². The van der Waals surface area contributed by atoms with Gasteiger partial charge in [-0.2, -0.15) is 0 Å². The Bertz CT molecular complexity index is 425. The predicted molar refractivity (Wildman–Crippen MR) is 61.0 cm³/mol. The van der Waals surface area contributed by atoms with Crippen molar-refractivity contribution in [3.63, 3.8) is 0 Å². The Morgan fingerprint density at radius 3 is 2.00 bits per heavy atom. The van der Waals surface area contributed by atoms with E-state index in [2.05, 4.69) is 0 Å². The molecule has 1 rings (SSSR count). The highest BCUT2D eigenvalue weighted by molar-refractivity contribution is 5.70. The Labute approximate surface area is 103 Å². The molecule has 0 aromatic heterocycles. The third kappa shape index (κ3) is 4.15. The summed E-state index contributed by atoms with van der Waals surface area (Å²) in [5, 5.41) is 36.2. The molecule has 2 unspecified atom stereocenters. The lowest BCUT2D eigenvalue weighted by atomic mass is 10.0. The molecule has 0 fully saturated rings. The third-order valence-corrected chi connectivity index (χ3v) is 2.42. The first-order valence-corrected chi connectivity index (χ1v) is 5.28. The molecule has 0 saturated carbocycles. The molecule has 0 heterocycles. The first kappa shape index (κ1) is 14.1. The van der Waals surface area contributed by atoms with E-state index in [0.29, 0.717) is 11.1 Å². The van der Waals surface area contributed by atoms with Crippen molar-refractivity contribution in [3.05, 3.63) is 35.4 Å². The highest BCUT2D eigenvalue weighted by atomic mass is 16.4. The first-order chi connectivity index (χ1) is 8.40. The van der Waals surface area contributed by atoms with E-state index >= 15 is 0 Å². The fraction of sp³-hybridized carbons (Fsp3) is 0.333. The van der Waals surface area contributed by atoms with E-state index in [1.165, 1.54) is 24.3 Å². The van der Waals surface area contributed by atoms with Crippen LogP contribution in [-0.4, -0.2) is 38.5 Å². The second-order valence-corrected chi connectivity index (χ2v) is 3.92. The number of carboxylic acids is 2. The molecule has 6 heteroatoms. The van der Waals surface area contributed by atoms with Gasteiger partial charge in [0.05, 0.1) is 18.9 Å². The third-order valence-electron chi connectivity index (χ3n) is 2.42. The van der Waals surface area contributed by atoms with Gasteiger partial charge in [0.25, 0.3) is 0 Å². The number of hydrogen-bond donors (Lipinski definition) is 4. The molecule has 2 atom stereocenters. The fourth-order valence-electron chi connectivity index (χ4n) is 1.52. The lowest BCUT2D eigenvalue weighted by Gasteiger charge is -2.16. The largest absolute Gasteiger partial charge is 0.481 e. The smallest absolute Gasteiger partial charge is 0.307 e. The molecule has 98 valence electrons. The van der Waals surface area contributed by atoms with Crippen molar-refractivity contribution in [2.24, 2.45) is 0 Å². The summed E-state index contributed by atoms with van der Waals surface area (Å²) >= 11 is 0. The minimum atomic E-state index is -1.40. The number of hydrogen-bond acceptors (Lipinski definition) is 4. The fourth-order valence-corrected chi connectivity index (χ4v) is 1.52. The van der Waals surface area contributed by atoms with E-state index < -0.39 is 30.6 Å². The number of aliphatic carboxylic acids is 2. The van der Waals surface area contributed by atoms with Crippen LogP contribution >= 0.6 is 0 Å². The lowest BCUT2D eigenvalue weighted by Crippen LogP contribution is -2.21. The van der Waals surface area contributed by atoms with Gasteiger partial charge in [-0.25, -0.2) is 0 Å². The maximum Gasteiger partial charge on any atom is 0.307 e. The van der Waals surface area contributed by atoms with Gasteiger partial charge in [-0.1, -0.05) is 24.3 Å². The molecule has 0 saturated heterocycles. The number of carboxylic acid groups (broad SMARTS) is 2. The maximum atomic E-state index is 10.5. The molecule has 0 aliphatic heterocycles. The maximum absolute atomic E-state index is 10.5. The van der Waals surface area contributed by atoms with Crippen molar-refractivity contribution in [1.82, 2.24) is 0 Å². The zero-order chi connectivity index (χ0) is 13.7. The van der Waals surface area contributed by atoms with E-state index in [-0.39, 0.29) is 6.42 Å². The van der Waals surface area contributed by atoms with Crippen LogP contribution in [0.4, 0.5) is 0 Å². The number of aliphatic hydroxyl groups is 2. The molecule has 0 aliphatic rings. The van der Waals surface area contributed by atoms with Gasteiger partial charge in [0.2, 0.25) is 0 Å². The molecule has 18 heavy (non-hydrogen) atoms. The van der Waals surface area contributed by atoms with Gasteiger partial charge < -0.3 is 20.4 Å². The molecule has 6 nitrogen and oxygen atoms in total. The molecule has 0 spiro atoms. The van der Waals surface area contributed by atoms with Crippen LogP contribution in [0.15, 0.2) is 24.3 Å². The number of benzene rings is 1. The van der Waals surface area contributed by atoms with E-state index in [1.807, 2.05) is 0 Å². The van der Waals surface area contributed by atoms with Crippen LogP contribution in [0.5, 0.6) is 0 Å². The highest BCUT2D eigenvalue weighted by Crippen LogP contribution is 2.19. The summed E-state index contributed by atoms with van der Waals surface area (Å²) in [6.45, 7) is 0. The second kappa shape index (κ2) is 6.13. The van der Waals surface area contributed by atoms with Gasteiger partial charge >= 0.3 is 11.9 Å². The van der Waals surface area contributed by atoms with Crippen LogP contribution in [0, 0.1) is 0 Å². The minimum absolute atomic E-state index is 0.131. The molecular weight excluding hydrogens is 240 g/mol. The lowest BCUT2D eigenvalue weighted by molar-refractivity contribution is -0.141. The SMILES string of the molecule is O=C(O)Cc1ccc(C(O)C(O)CC(=O)O)cc1. The molecule has 0 aliphatic carbocycles. The van der Waals surface area contributed by atoms with Crippen LogP contribution < -0.4 is 0 Å². The molecule has 1 aromatic rings. The zero-order valence-corrected chi connectivity index (χ0v) is 9.48. The van der Waals surface area contributed by atoms with Gasteiger partial charge in [-0.3, -0.25) is 9.59 Å². The van der Waals surface area contributed by atoms with Gasteiger partial charge in [0, 0.05) is 0 Å². The van der Waals surface area contributed by atoms with Crippen LogP contribution in [0.1, 0.15) is 23.7 Å². The van der Waals surface area contributed by atoms with E-state index in [1.54, 1.807) is 0 Å². The summed E-state index contributed by atoms with van der Waals surface area (Å²) in [6, 6.07) is 5.96. The predicted octanol–water partition coefficient (Wildman–Crippen LogP) is 0.183. The van der Waals surface area contributed by atoms with E-state index in [9.17, 15) is 19.8 Å².